The van der Waals surface area contributed by atoms with Crippen LogP contribution in [0.2, 0.25) is 0 Å². The van der Waals surface area contributed by atoms with Crippen LogP contribution in [0.3, 0.4) is 0 Å². The van der Waals surface area contributed by atoms with Crippen LogP contribution >= 0.6 is 0 Å². The van der Waals surface area contributed by atoms with Crippen molar-refractivity contribution in [2.75, 3.05) is 19.8 Å². The molecule has 1 atom stereocenters. The minimum atomic E-state index is -3.59. The molecule has 1 fully saturated rings. The fourth-order valence-electron chi connectivity index (χ4n) is 4.06. The van der Waals surface area contributed by atoms with Gasteiger partial charge in [-0.15, -0.1) is 0 Å². The number of hydrogen-bond acceptors (Lipinski definition) is 5. The van der Waals surface area contributed by atoms with Gasteiger partial charge in [0, 0.05) is 24.6 Å². The molecule has 31 heavy (non-hydrogen) atoms. The number of carbonyl (C=O) groups excluding carboxylic acids is 1. The summed E-state index contributed by atoms with van der Waals surface area (Å²) in [6.45, 7) is 5.45. The van der Waals surface area contributed by atoms with Crippen molar-refractivity contribution in [2.45, 2.75) is 50.1 Å². The van der Waals surface area contributed by atoms with Crippen molar-refractivity contribution in [1.82, 2.24) is 9.62 Å². The monoisotopic (exact) mass is 444 g/mol. The van der Waals surface area contributed by atoms with Gasteiger partial charge in [-0.25, -0.2) is 13.1 Å². The van der Waals surface area contributed by atoms with E-state index in [0.29, 0.717) is 25.3 Å². The lowest BCUT2D eigenvalue weighted by Gasteiger charge is -2.26. The number of fused-ring (bicyclic) bond motifs is 1. The van der Waals surface area contributed by atoms with E-state index in [9.17, 15) is 13.2 Å². The summed E-state index contributed by atoms with van der Waals surface area (Å²) in [5, 5.41) is 0. The molecule has 1 amide bonds. The predicted molar refractivity (Wildman–Crippen MR) is 117 cm³/mol. The Hall–Kier alpha value is -2.58. The summed E-state index contributed by atoms with van der Waals surface area (Å²) in [4.78, 5) is 15.2. The molecular weight excluding hydrogens is 416 g/mol. The third-order valence-corrected chi connectivity index (χ3v) is 7.15. The molecule has 2 aliphatic heterocycles. The number of nitrogens with one attached hydrogen (secondary N) is 1. The summed E-state index contributed by atoms with van der Waals surface area (Å²) in [7, 11) is -3.59. The summed E-state index contributed by atoms with van der Waals surface area (Å²) >= 11 is 0. The van der Waals surface area contributed by atoms with Crippen LogP contribution in [-0.4, -0.2) is 45.0 Å². The molecule has 0 aliphatic carbocycles. The standard InChI is InChI=1S/C23H28N2O5S/c1-16(2)24-31(27,28)19-9-6-17(7-10-19)23(26)25-12-3-5-20(25)18-8-11-21-22(15-18)30-14-4-13-29-21/h6-11,15-16,20,24H,3-5,12-14H2,1-2H3. The van der Waals surface area contributed by atoms with Gasteiger partial charge >= 0.3 is 0 Å². The molecule has 1 N–H and O–H groups in total. The summed E-state index contributed by atoms with van der Waals surface area (Å²) in [5.41, 5.74) is 1.50. The highest BCUT2D eigenvalue weighted by Crippen LogP contribution is 2.38. The number of sulfonamides is 1. The molecule has 2 heterocycles. The van der Waals surface area contributed by atoms with Crippen molar-refractivity contribution in [3.63, 3.8) is 0 Å². The van der Waals surface area contributed by atoms with E-state index in [0.717, 1.165) is 36.3 Å². The number of likely N-dealkylation sites (tertiary alicyclic amines) is 1. The van der Waals surface area contributed by atoms with E-state index in [1.807, 2.05) is 23.1 Å². The first-order valence-electron chi connectivity index (χ1n) is 10.7. The molecule has 7 nitrogen and oxygen atoms in total. The van der Waals surface area contributed by atoms with E-state index < -0.39 is 10.0 Å². The maximum absolute atomic E-state index is 13.2. The van der Waals surface area contributed by atoms with Gasteiger partial charge in [0.25, 0.3) is 5.91 Å². The zero-order valence-electron chi connectivity index (χ0n) is 17.8. The van der Waals surface area contributed by atoms with Gasteiger partial charge in [-0.05, 0) is 68.7 Å². The molecule has 0 radical (unpaired) electrons. The molecule has 8 heteroatoms. The van der Waals surface area contributed by atoms with Crippen molar-refractivity contribution in [3.05, 3.63) is 53.6 Å². The van der Waals surface area contributed by atoms with Crippen LogP contribution < -0.4 is 14.2 Å². The third kappa shape index (κ3) is 4.70. The van der Waals surface area contributed by atoms with Gasteiger partial charge in [0.2, 0.25) is 10.0 Å². The summed E-state index contributed by atoms with van der Waals surface area (Å²) < 4.78 is 38.7. The van der Waals surface area contributed by atoms with Gasteiger partial charge < -0.3 is 14.4 Å². The summed E-state index contributed by atoms with van der Waals surface area (Å²) in [6.07, 6.45) is 2.63. The number of ether oxygens (including phenoxy) is 2. The average Bonchev–Trinajstić information content (AvgIpc) is 3.11. The maximum atomic E-state index is 13.2. The molecule has 0 aromatic heterocycles. The maximum Gasteiger partial charge on any atom is 0.254 e. The molecule has 4 rings (SSSR count). The molecule has 0 bridgehead atoms. The second kappa shape index (κ2) is 8.88. The third-order valence-electron chi connectivity index (χ3n) is 5.47. The first kappa shape index (κ1) is 21.6. The fraction of sp³-hybridized carbons (Fsp3) is 0.435. The van der Waals surface area contributed by atoms with Crippen LogP contribution in [0.5, 0.6) is 11.5 Å². The second-order valence-corrected chi connectivity index (χ2v) is 9.93. The SMILES string of the molecule is CC(C)NS(=O)(=O)c1ccc(C(=O)N2CCCC2c2ccc3c(c2)OCCCO3)cc1. The number of rotatable bonds is 5. The van der Waals surface area contributed by atoms with Crippen LogP contribution in [0.4, 0.5) is 0 Å². The van der Waals surface area contributed by atoms with Crippen molar-refractivity contribution in [1.29, 1.82) is 0 Å². The van der Waals surface area contributed by atoms with Crippen molar-refractivity contribution in [2.24, 2.45) is 0 Å². The van der Waals surface area contributed by atoms with E-state index in [1.54, 1.807) is 26.0 Å². The van der Waals surface area contributed by atoms with Gasteiger partial charge in [-0.2, -0.15) is 0 Å². The Labute approximate surface area is 183 Å². The van der Waals surface area contributed by atoms with E-state index in [2.05, 4.69) is 4.72 Å². The zero-order valence-corrected chi connectivity index (χ0v) is 18.7. The molecule has 1 unspecified atom stereocenters. The Morgan fingerprint density at radius 1 is 1.03 bits per heavy atom. The molecule has 2 aliphatic rings. The Morgan fingerprint density at radius 3 is 2.45 bits per heavy atom. The van der Waals surface area contributed by atoms with Gasteiger partial charge in [0.05, 0.1) is 24.2 Å². The normalized spacial score (nSPS) is 18.8. The average molecular weight is 445 g/mol. The van der Waals surface area contributed by atoms with E-state index in [1.165, 1.54) is 12.1 Å². The lowest BCUT2D eigenvalue weighted by atomic mass is 10.0. The summed E-state index contributed by atoms with van der Waals surface area (Å²) in [5.74, 6) is 1.36. The second-order valence-electron chi connectivity index (χ2n) is 8.21. The molecule has 0 saturated carbocycles. The number of hydrogen-bond donors (Lipinski definition) is 1. The Balaban J connectivity index is 1.54. The number of benzene rings is 2. The van der Waals surface area contributed by atoms with Crippen LogP contribution in [0.1, 0.15) is 55.1 Å². The number of nitrogens with zero attached hydrogens (tertiary/aromatic N) is 1. The molecule has 2 aromatic rings. The topological polar surface area (TPSA) is 84.9 Å². The highest BCUT2D eigenvalue weighted by Gasteiger charge is 2.31. The highest BCUT2D eigenvalue weighted by atomic mass is 32.2. The quantitative estimate of drug-likeness (QED) is 0.763. The summed E-state index contributed by atoms with van der Waals surface area (Å²) in [6, 6.07) is 11.8. The highest BCUT2D eigenvalue weighted by molar-refractivity contribution is 7.89. The van der Waals surface area contributed by atoms with Crippen LogP contribution in [0.15, 0.2) is 47.4 Å². The molecule has 1 saturated heterocycles. The lowest BCUT2D eigenvalue weighted by molar-refractivity contribution is 0.0735. The Kier molecular flexibility index (Phi) is 6.20. The lowest BCUT2D eigenvalue weighted by Crippen LogP contribution is -2.31. The molecule has 0 spiro atoms. The number of carbonyl (C=O) groups is 1. The van der Waals surface area contributed by atoms with Crippen LogP contribution in [0, 0.1) is 0 Å². The smallest absolute Gasteiger partial charge is 0.254 e. The number of amides is 1. The van der Waals surface area contributed by atoms with Gasteiger partial charge in [0.15, 0.2) is 11.5 Å². The van der Waals surface area contributed by atoms with Gasteiger partial charge in [-0.3, -0.25) is 4.79 Å². The van der Waals surface area contributed by atoms with Gasteiger partial charge in [0.1, 0.15) is 0 Å². The minimum absolute atomic E-state index is 0.0457. The van der Waals surface area contributed by atoms with E-state index >= 15 is 0 Å². The molecule has 2 aromatic carbocycles. The van der Waals surface area contributed by atoms with Crippen molar-refractivity contribution >= 4 is 15.9 Å². The Morgan fingerprint density at radius 2 is 1.74 bits per heavy atom. The van der Waals surface area contributed by atoms with Crippen LogP contribution in [-0.2, 0) is 10.0 Å². The van der Waals surface area contributed by atoms with Crippen LogP contribution in [0.25, 0.3) is 0 Å². The minimum Gasteiger partial charge on any atom is -0.490 e. The molecular formula is C23H28N2O5S. The fourth-order valence-corrected chi connectivity index (χ4v) is 5.32. The van der Waals surface area contributed by atoms with E-state index in [-0.39, 0.29) is 22.9 Å². The van der Waals surface area contributed by atoms with Crippen molar-refractivity contribution < 1.29 is 22.7 Å². The largest absolute Gasteiger partial charge is 0.490 e. The predicted octanol–water partition coefficient (Wildman–Crippen LogP) is 3.51. The first-order valence-corrected chi connectivity index (χ1v) is 12.2. The van der Waals surface area contributed by atoms with E-state index in [4.69, 9.17) is 9.47 Å². The first-order chi connectivity index (χ1) is 14.8. The van der Waals surface area contributed by atoms with Gasteiger partial charge in [-0.1, -0.05) is 6.07 Å². The Bertz CT molecular complexity index is 1050. The zero-order chi connectivity index (χ0) is 22.0. The van der Waals surface area contributed by atoms with Crippen molar-refractivity contribution in [3.8, 4) is 11.5 Å². The molecule has 166 valence electrons.